The zero-order chi connectivity index (χ0) is 14.8. The van der Waals surface area contributed by atoms with E-state index < -0.39 is 0 Å². The summed E-state index contributed by atoms with van der Waals surface area (Å²) in [5.74, 6) is 0. The van der Waals surface area contributed by atoms with Crippen molar-refractivity contribution in [3.8, 4) is 22.3 Å². The summed E-state index contributed by atoms with van der Waals surface area (Å²) in [6, 6.07) is 25.1. The maximum Gasteiger partial charge on any atom is 0.0893 e. The van der Waals surface area contributed by atoms with Crippen molar-refractivity contribution >= 4 is 11.0 Å². The highest BCUT2D eigenvalue weighted by molar-refractivity contribution is 5.93. The Bertz CT molecular complexity index is 838. The molecule has 1 aromatic heterocycles. The van der Waals surface area contributed by atoms with Crippen LogP contribution in [0.4, 0.5) is 0 Å². The van der Waals surface area contributed by atoms with E-state index in [9.17, 15) is 0 Å². The summed E-state index contributed by atoms with van der Waals surface area (Å²) in [5.41, 5.74) is 6.57. The van der Waals surface area contributed by atoms with E-state index in [0.29, 0.717) is 0 Å². The third-order valence-corrected chi connectivity index (χ3v) is 3.78. The molecule has 0 saturated heterocycles. The molecule has 0 atom stereocenters. The Morgan fingerprint density at radius 3 is 1.32 bits per heavy atom. The zero-order valence-corrected chi connectivity index (χ0v) is 12.0. The molecule has 0 fully saturated rings. The van der Waals surface area contributed by atoms with Gasteiger partial charge in [0.25, 0.3) is 0 Å². The van der Waals surface area contributed by atoms with Gasteiger partial charge in [-0.2, -0.15) is 0 Å². The molecule has 0 amide bonds. The van der Waals surface area contributed by atoms with Gasteiger partial charge in [-0.25, -0.2) is 0 Å². The van der Waals surface area contributed by atoms with Crippen LogP contribution in [0, 0.1) is 0 Å². The van der Waals surface area contributed by atoms with Crippen LogP contribution in [0.3, 0.4) is 0 Å². The SMILES string of the molecule is c1ccc(-c2cc3nccnc3cc2-c2ccccc2)cc1. The van der Waals surface area contributed by atoms with Crippen LogP contribution >= 0.6 is 0 Å². The van der Waals surface area contributed by atoms with Gasteiger partial charge in [-0.3, -0.25) is 9.97 Å². The average molecular weight is 282 g/mol. The van der Waals surface area contributed by atoms with Gasteiger partial charge >= 0.3 is 0 Å². The molecule has 0 unspecified atom stereocenters. The van der Waals surface area contributed by atoms with Gasteiger partial charge in [0, 0.05) is 12.4 Å². The minimum atomic E-state index is 0.918. The second-order valence-electron chi connectivity index (χ2n) is 5.17. The van der Waals surface area contributed by atoms with Gasteiger partial charge in [-0.05, 0) is 34.4 Å². The van der Waals surface area contributed by atoms with Crippen LogP contribution in [0.5, 0.6) is 0 Å². The molecule has 1 heterocycles. The Hall–Kier alpha value is -3.00. The molecule has 22 heavy (non-hydrogen) atoms. The molecule has 0 aliphatic carbocycles. The Kier molecular flexibility index (Phi) is 3.13. The lowest BCUT2D eigenvalue weighted by molar-refractivity contribution is 1.29. The number of nitrogens with zero attached hydrogens (tertiary/aromatic N) is 2. The van der Waals surface area contributed by atoms with Crippen LogP contribution in [-0.4, -0.2) is 9.97 Å². The van der Waals surface area contributed by atoms with Crippen molar-refractivity contribution in [2.45, 2.75) is 0 Å². The van der Waals surface area contributed by atoms with Crippen LogP contribution in [0.1, 0.15) is 0 Å². The van der Waals surface area contributed by atoms with Crippen LogP contribution in [0.2, 0.25) is 0 Å². The maximum atomic E-state index is 4.44. The van der Waals surface area contributed by atoms with Crippen LogP contribution in [0.15, 0.2) is 85.2 Å². The predicted molar refractivity (Wildman–Crippen MR) is 90.4 cm³/mol. The normalized spacial score (nSPS) is 10.7. The predicted octanol–water partition coefficient (Wildman–Crippen LogP) is 4.96. The standard InChI is InChI=1S/C20H14N2/c1-3-7-15(8-4-1)17-13-19-20(22-12-11-21-19)14-18(17)16-9-5-2-6-10-16/h1-14H. The first-order valence-corrected chi connectivity index (χ1v) is 7.27. The van der Waals surface area contributed by atoms with Gasteiger partial charge < -0.3 is 0 Å². The second kappa shape index (κ2) is 5.41. The number of hydrogen-bond acceptors (Lipinski definition) is 2. The Labute approximate surface area is 129 Å². The summed E-state index contributed by atoms with van der Waals surface area (Å²) in [4.78, 5) is 8.88. The van der Waals surface area contributed by atoms with Gasteiger partial charge in [0.2, 0.25) is 0 Å². The summed E-state index contributed by atoms with van der Waals surface area (Å²) in [6.07, 6.45) is 3.47. The van der Waals surface area contributed by atoms with Crippen molar-refractivity contribution in [2.24, 2.45) is 0 Å². The second-order valence-corrected chi connectivity index (χ2v) is 5.17. The van der Waals surface area contributed by atoms with E-state index in [2.05, 4.69) is 70.6 Å². The summed E-state index contributed by atoms with van der Waals surface area (Å²) in [6.45, 7) is 0. The van der Waals surface area contributed by atoms with E-state index >= 15 is 0 Å². The highest BCUT2D eigenvalue weighted by Gasteiger charge is 2.10. The van der Waals surface area contributed by atoms with Crippen molar-refractivity contribution in [2.75, 3.05) is 0 Å². The number of benzene rings is 3. The molecule has 0 N–H and O–H groups in total. The highest BCUT2D eigenvalue weighted by Crippen LogP contribution is 2.34. The minimum Gasteiger partial charge on any atom is -0.253 e. The molecule has 0 saturated carbocycles. The Balaban J connectivity index is 2.04. The van der Waals surface area contributed by atoms with Crippen LogP contribution in [-0.2, 0) is 0 Å². The van der Waals surface area contributed by atoms with E-state index in [4.69, 9.17) is 0 Å². The van der Waals surface area contributed by atoms with Crippen LogP contribution in [0.25, 0.3) is 33.3 Å². The molecule has 0 spiro atoms. The smallest absolute Gasteiger partial charge is 0.0893 e. The van der Waals surface area contributed by atoms with Crippen molar-refractivity contribution in [1.82, 2.24) is 9.97 Å². The third kappa shape index (κ3) is 2.25. The van der Waals surface area contributed by atoms with Gasteiger partial charge in [0.1, 0.15) is 0 Å². The zero-order valence-electron chi connectivity index (χ0n) is 12.0. The molecule has 2 nitrogen and oxygen atoms in total. The van der Waals surface area contributed by atoms with Gasteiger partial charge in [0.05, 0.1) is 11.0 Å². The fraction of sp³-hybridized carbons (Fsp3) is 0. The third-order valence-electron chi connectivity index (χ3n) is 3.78. The largest absolute Gasteiger partial charge is 0.253 e. The van der Waals surface area contributed by atoms with Gasteiger partial charge in [-0.1, -0.05) is 60.7 Å². The molecule has 4 aromatic rings. The van der Waals surface area contributed by atoms with E-state index in [1.54, 1.807) is 12.4 Å². The molecule has 0 aliphatic rings. The molecular formula is C20H14N2. The minimum absolute atomic E-state index is 0.918. The molecule has 4 rings (SSSR count). The summed E-state index contributed by atoms with van der Waals surface area (Å²) in [7, 11) is 0. The van der Waals surface area contributed by atoms with Crippen molar-refractivity contribution in [3.05, 3.63) is 85.2 Å². The first kappa shape index (κ1) is 12.7. The van der Waals surface area contributed by atoms with Crippen molar-refractivity contribution < 1.29 is 0 Å². The summed E-state index contributed by atoms with van der Waals surface area (Å²) in [5, 5.41) is 0. The molecule has 0 bridgehead atoms. The maximum absolute atomic E-state index is 4.44. The lowest BCUT2D eigenvalue weighted by Crippen LogP contribution is -1.89. The van der Waals surface area contributed by atoms with E-state index in [-0.39, 0.29) is 0 Å². The van der Waals surface area contributed by atoms with Gasteiger partial charge in [-0.15, -0.1) is 0 Å². The molecular weight excluding hydrogens is 268 g/mol. The number of hydrogen-bond donors (Lipinski definition) is 0. The summed E-state index contributed by atoms with van der Waals surface area (Å²) < 4.78 is 0. The highest BCUT2D eigenvalue weighted by atomic mass is 14.8. The van der Waals surface area contributed by atoms with Crippen LogP contribution < -0.4 is 0 Å². The fourth-order valence-corrected chi connectivity index (χ4v) is 2.72. The number of rotatable bonds is 2. The topological polar surface area (TPSA) is 25.8 Å². The lowest BCUT2D eigenvalue weighted by Gasteiger charge is -2.11. The van der Waals surface area contributed by atoms with E-state index in [1.165, 1.54) is 22.3 Å². The first-order valence-electron chi connectivity index (χ1n) is 7.27. The fourth-order valence-electron chi connectivity index (χ4n) is 2.72. The molecule has 3 aromatic carbocycles. The molecule has 0 radical (unpaired) electrons. The average Bonchev–Trinajstić information content (AvgIpc) is 2.62. The van der Waals surface area contributed by atoms with E-state index in [0.717, 1.165) is 11.0 Å². The number of aromatic nitrogens is 2. The monoisotopic (exact) mass is 282 g/mol. The quantitative estimate of drug-likeness (QED) is 0.519. The molecule has 104 valence electrons. The number of fused-ring (bicyclic) bond motifs is 1. The Morgan fingerprint density at radius 1 is 0.500 bits per heavy atom. The first-order chi connectivity index (χ1) is 10.9. The molecule has 0 aliphatic heterocycles. The van der Waals surface area contributed by atoms with Crippen molar-refractivity contribution in [3.63, 3.8) is 0 Å². The van der Waals surface area contributed by atoms with E-state index in [1.807, 2.05) is 12.1 Å². The van der Waals surface area contributed by atoms with Crippen molar-refractivity contribution in [1.29, 1.82) is 0 Å². The lowest BCUT2D eigenvalue weighted by atomic mass is 9.94. The summed E-state index contributed by atoms with van der Waals surface area (Å²) >= 11 is 0. The molecule has 2 heteroatoms. The van der Waals surface area contributed by atoms with Gasteiger partial charge in [0.15, 0.2) is 0 Å². The Morgan fingerprint density at radius 2 is 0.909 bits per heavy atom.